The van der Waals surface area contributed by atoms with Crippen LogP contribution in [0.2, 0.25) is 0 Å². The van der Waals surface area contributed by atoms with Crippen molar-refractivity contribution in [3.05, 3.63) is 71.8 Å². The Morgan fingerprint density at radius 1 is 0.833 bits per heavy atom. The molecule has 1 nitrogen and oxygen atoms in total. The first-order valence-electron chi connectivity index (χ1n) is 6.28. The van der Waals surface area contributed by atoms with E-state index < -0.39 is 0 Å². The molecule has 0 fully saturated rings. The van der Waals surface area contributed by atoms with Gasteiger partial charge in [0.15, 0.2) is 0 Å². The summed E-state index contributed by atoms with van der Waals surface area (Å²) < 4.78 is 0. The van der Waals surface area contributed by atoms with Crippen LogP contribution in [0.4, 0.5) is 0 Å². The second-order valence-corrected chi connectivity index (χ2v) is 5.52. The maximum absolute atomic E-state index is 9.11. The van der Waals surface area contributed by atoms with E-state index in [0.29, 0.717) is 0 Å². The normalized spacial score (nSPS) is 11.4. The van der Waals surface area contributed by atoms with Gasteiger partial charge in [-0.2, -0.15) is 0 Å². The third-order valence-electron chi connectivity index (χ3n) is 3.31. The van der Waals surface area contributed by atoms with E-state index in [-0.39, 0.29) is 11.8 Å². The summed E-state index contributed by atoms with van der Waals surface area (Å²) in [4.78, 5) is 0. The van der Waals surface area contributed by atoms with Gasteiger partial charge in [-0.25, -0.2) is 0 Å². The van der Waals surface area contributed by atoms with Crippen molar-refractivity contribution in [2.45, 2.75) is 18.0 Å². The third-order valence-corrected chi connectivity index (χ3v) is 4.26. The first kappa shape index (κ1) is 13.3. The van der Waals surface area contributed by atoms with Crippen LogP contribution in [0.3, 0.4) is 0 Å². The van der Waals surface area contributed by atoms with Gasteiger partial charge in [-0.3, -0.25) is 0 Å². The average Bonchev–Trinajstić information content (AvgIpc) is 2.46. The molecule has 0 aliphatic rings. The molecule has 1 N–H and O–H groups in total. The Bertz CT molecular complexity index is 427. The van der Waals surface area contributed by atoms with Crippen LogP contribution in [0, 0.1) is 0 Å². The van der Waals surface area contributed by atoms with Crippen molar-refractivity contribution in [3.8, 4) is 0 Å². The first-order valence-corrected chi connectivity index (χ1v) is 6.86. The summed E-state index contributed by atoms with van der Waals surface area (Å²) in [6, 6.07) is 20.9. The van der Waals surface area contributed by atoms with Crippen LogP contribution >= 0.6 is 9.24 Å². The molecule has 2 rings (SSSR count). The van der Waals surface area contributed by atoms with Gasteiger partial charge in [-0.1, -0.05) is 60.7 Å². The molecule has 0 aromatic heterocycles. The standard InChI is InChI=1S/C16H19OP/c17-13-7-12-16(18,14-8-3-1-4-9-14)15-10-5-2-6-11-15/h1-6,8-11,17H,7,12-13,18H2. The van der Waals surface area contributed by atoms with Crippen LogP contribution in [-0.4, -0.2) is 11.7 Å². The van der Waals surface area contributed by atoms with Crippen LogP contribution in [0.15, 0.2) is 60.7 Å². The molecule has 2 aromatic carbocycles. The van der Waals surface area contributed by atoms with E-state index in [4.69, 9.17) is 5.11 Å². The molecule has 2 heteroatoms. The highest BCUT2D eigenvalue weighted by Crippen LogP contribution is 2.42. The van der Waals surface area contributed by atoms with Gasteiger partial charge in [-0.15, -0.1) is 9.24 Å². The van der Waals surface area contributed by atoms with E-state index in [1.807, 2.05) is 12.1 Å². The molecule has 0 amide bonds. The maximum atomic E-state index is 9.11. The van der Waals surface area contributed by atoms with E-state index in [2.05, 4.69) is 57.8 Å². The summed E-state index contributed by atoms with van der Waals surface area (Å²) in [6.07, 6.45) is 1.72. The molecule has 0 aliphatic heterocycles. The maximum Gasteiger partial charge on any atom is 0.0431 e. The number of hydrogen-bond donors (Lipinski definition) is 1. The molecule has 18 heavy (non-hydrogen) atoms. The topological polar surface area (TPSA) is 20.2 Å². The lowest BCUT2D eigenvalue weighted by Crippen LogP contribution is -2.20. The van der Waals surface area contributed by atoms with Crippen molar-refractivity contribution in [3.63, 3.8) is 0 Å². The first-order chi connectivity index (χ1) is 8.77. The van der Waals surface area contributed by atoms with Crippen molar-refractivity contribution in [2.24, 2.45) is 0 Å². The fourth-order valence-electron chi connectivity index (χ4n) is 2.28. The smallest absolute Gasteiger partial charge is 0.0431 e. The molecule has 0 bridgehead atoms. The fraction of sp³-hybridized carbons (Fsp3) is 0.250. The molecule has 1 atom stereocenters. The number of rotatable bonds is 5. The van der Waals surface area contributed by atoms with Gasteiger partial charge >= 0.3 is 0 Å². The zero-order valence-corrected chi connectivity index (χ0v) is 11.6. The van der Waals surface area contributed by atoms with Gasteiger partial charge in [0.05, 0.1) is 0 Å². The molecular weight excluding hydrogens is 239 g/mol. The SMILES string of the molecule is OCCCC(P)(c1ccccc1)c1ccccc1. The number of hydrogen-bond acceptors (Lipinski definition) is 1. The van der Waals surface area contributed by atoms with Crippen molar-refractivity contribution in [2.75, 3.05) is 6.61 Å². The third kappa shape index (κ3) is 2.80. The van der Waals surface area contributed by atoms with E-state index in [1.54, 1.807) is 0 Å². The summed E-state index contributed by atoms with van der Waals surface area (Å²) in [5.74, 6) is 0. The lowest BCUT2D eigenvalue weighted by molar-refractivity contribution is 0.279. The largest absolute Gasteiger partial charge is 0.396 e. The highest BCUT2D eigenvalue weighted by molar-refractivity contribution is 7.19. The van der Waals surface area contributed by atoms with E-state index in [1.165, 1.54) is 11.1 Å². The Hall–Kier alpha value is -1.17. The Balaban J connectivity index is 2.41. The summed E-state index contributed by atoms with van der Waals surface area (Å²) in [7, 11) is 2.98. The summed E-state index contributed by atoms with van der Waals surface area (Å²) in [6.45, 7) is 0.232. The van der Waals surface area contributed by atoms with Crippen LogP contribution in [0.1, 0.15) is 24.0 Å². The number of benzene rings is 2. The van der Waals surface area contributed by atoms with Crippen molar-refractivity contribution < 1.29 is 5.11 Å². The van der Waals surface area contributed by atoms with Crippen molar-refractivity contribution >= 4 is 9.24 Å². The molecule has 0 aliphatic carbocycles. The van der Waals surface area contributed by atoms with Gasteiger partial charge in [-0.05, 0) is 24.0 Å². The molecular formula is C16H19OP. The Labute approximate surface area is 111 Å². The molecule has 0 radical (unpaired) electrons. The molecule has 2 aromatic rings. The van der Waals surface area contributed by atoms with E-state index in [9.17, 15) is 0 Å². The van der Waals surface area contributed by atoms with Gasteiger partial charge in [0, 0.05) is 11.8 Å². The molecule has 0 spiro atoms. The minimum atomic E-state index is -0.106. The van der Waals surface area contributed by atoms with Gasteiger partial charge in [0.25, 0.3) is 0 Å². The molecule has 1 unspecified atom stereocenters. The Kier molecular flexibility index (Phi) is 4.52. The van der Waals surface area contributed by atoms with Gasteiger partial charge in [0.2, 0.25) is 0 Å². The highest BCUT2D eigenvalue weighted by Gasteiger charge is 2.28. The molecule has 0 saturated heterocycles. The van der Waals surface area contributed by atoms with Crippen LogP contribution in [0.25, 0.3) is 0 Å². The molecule has 94 valence electrons. The molecule has 0 saturated carbocycles. The van der Waals surface area contributed by atoms with E-state index in [0.717, 1.165) is 12.8 Å². The van der Waals surface area contributed by atoms with Gasteiger partial charge < -0.3 is 5.11 Å². The zero-order chi connectivity index (χ0) is 12.8. The minimum Gasteiger partial charge on any atom is -0.396 e. The average molecular weight is 258 g/mol. The summed E-state index contributed by atoms with van der Waals surface area (Å²) in [5, 5.41) is 9.01. The Morgan fingerprint density at radius 2 is 1.28 bits per heavy atom. The quantitative estimate of drug-likeness (QED) is 0.813. The van der Waals surface area contributed by atoms with Crippen LogP contribution in [-0.2, 0) is 5.16 Å². The molecule has 0 heterocycles. The Morgan fingerprint density at radius 3 is 1.67 bits per heavy atom. The predicted octanol–water partition coefficient (Wildman–Crippen LogP) is 3.58. The highest BCUT2D eigenvalue weighted by atomic mass is 31.0. The summed E-state index contributed by atoms with van der Waals surface area (Å²) in [5.41, 5.74) is 2.55. The van der Waals surface area contributed by atoms with Crippen LogP contribution in [0.5, 0.6) is 0 Å². The number of aliphatic hydroxyl groups is 1. The fourth-order valence-corrected chi connectivity index (χ4v) is 2.87. The van der Waals surface area contributed by atoms with Crippen molar-refractivity contribution in [1.29, 1.82) is 0 Å². The van der Waals surface area contributed by atoms with Crippen molar-refractivity contribution in [1.82, 2.24) is 0 Å². The predicted molar refractivity (Wildman–Crippen MR) is 79.7 cm³/mol. The van der Waals surface area contributed by atoms with Gasteiger partial charge in [0.1, 0.15) is 0 Å². The van der Waals surface area contributed by atoms with E-state index >= 15 is 0 Å². The van der Waals surface area contributed by atoms with Crippen LogP contribution < -0.4 is 0 Å². The second-order valence-electron chi connectivity index (χ2n) is 4.53. The summed E-state index contributed by atoms with van der Waals surface area (Å²) >= 11 is 0. The minimum absolute atomic E-state index is 0.106. The second kappa shape index (κ2) is 6.13. The number of aliphatic hydroxyl groups excluding tert-OH is 1. The lowest BCUT2D eigenvalue weighted by atomic mass is 9.86. The lowest BCUT2D eigenvalue weighted by Gasteiger charge is -2.30. The zero-order valence-electron chi connectivity index (χ0n) is 10.4. The monoisotopic (exact) mass is 258 g/mol.